The molecule has 2 heterocycles. The third-order valence-electron chi connectivity index (χ3n) is 10.6. The predicted octanol–water partition coefficient (Wildman–Crippen LogP) is 7.83. The molecule has 8 rings (SSSR count). The van der Waals surface area contributed by atoms with Gasteiger partial charge in [0.2, 0.25) is 23.6 Å². The fourth-order valence-electron chi connectivity index (χ4n) is 8.69. The summed E-state index contributed by atoms with van der Waals surface area (Å²) in [6.45, 7) is 0. The third kappa shape index (κ3) is 4.39. The van der Waals surface area contributed by atoms with E-state index in [2.05, 4.69) is 15.9 Å². The summed E-state index contributed by atoms with van der Waals surface area (Å²) < 4.78 is 0.814. The van der Waals surface area contributed by atoms with Crippen molar-refractivity contribution in [3.05, 3.63) is 134 Å². The first-order valence-electron chi connectivity index (χ1n) is 15.6. The van der Waals surface area contributed by atoms with Crippen molar-refractivity contribution in [2.75, 3.05) is 9.80 Å². The van der Waals surface area contributed by atoms with Crippen LogP contribution in [0.1, 0.15) is 29.9 Å². The van der Waals surface area contributed by atoms with Crippen molar-refractivity contribution in [1.82, 2.24) is 0 Å². The van der Waals surface area contributed by atoms with Gasteiger partial charge in [-0.05, 0) is 85.0 Å². The van der Waals surface area contributed by atoms with Crippen molar-refractivity contribution < 1.29 is 24.3 Å². The van der Waals surface area contributed by atoms with Gasteiger partial charge in [0.25, 0.3) is 0 Å². The van der Waals surface area contributed by atoms with Crippen LogP contribution in [0.3, 0.4) is 0 Å². The number of carbonyl (C=O) groups excluding carboxylic acids is 4. The minimum absolute atomic E-state index is 0.0890. The number of rotatable bonds is 4. The van der Waals surface area contributed by atoms with Crippen molar-refractivity contribution >= 4 is 74.1 Å². The second-order valence-corrected chi connectivity index (χ2v) is 14.6. The number of nitrogens with zero attached hydrogens (tertiary/aromatic N) is 2. The third-order valence-corrected chi connectivity index (χ3v) is 11.6. The Labute approximate surface area is 294 Å². The zero-order valence-electron chi connectivity index (χ0n) is 25.2. The van der Waals surface area contributed by atoms with Crippen LogP contribution in [0.2, 0.25) is 10.0 Å². The average Bonchev–Trinajstić information content (AvgIpc) is 3.47. The molecule has 48 heavy (non-hydrogen) atoms. The van der Waals surface area contributed by atoms with E-state index < -0.39 is 46.8 Å². The van der Waals surface area contributed by atoms with Gasteiger partial charge in [-0.2, -0.15) is 0 Å². The summed E-state index contributed by atoms with van der Waals surface area (Å²) in [6.07, 6.45) is 2.37. The van der Waals surface area contributed by atoms with Gasteiger partial charge in [0.1, 0.15) is 5.75 Å². The highest BCUT2D eigenvalue weighted by Crippen LogP contribution is 2.65. The van der Waals surface area contributed by atoms with Gasteiger partial charge in [-0.25, -0.2) is 4.90 Å². The molecule has 10 heteroatoms. The first-order valence-corrected chi connectivity index (χ1v) is 17.2. The van der Waals surface area contributed by atoms with Crippen LogP contribution in [0, 0.1) is 23.7 Å². The topological polar surface area (TPSA) is 95.0 Å². The molecule has 4 amide bonds. The van der Waals surface area contributed by atoms with Crippen LogP contribution in [0.25, 0.3) is 0 Å². The normalized spacial score (nSPS) is 27.9. The molecule has 4 aromatic carbocycles. The number of imide groups is 2. The highest BCUT2D eigenvalue weighted by Gasteiger charge is 2.70. The quantitative estimate of drug-likeness (QED) is 0.170. The van der Waals surface area contributed by atoms with E-state index in [0.29, 0.717) is 32.5 Å². The number of amides is 4. The molecule has 1 N–H and O–H groups in total. The van der Waals surface area contributed by atoms with Crippen LogP contribution in [0.4, 0.5) is 11.4 Å². The van der Waals surface area contributed by atoms with Gasteiger partial charge >= 0.3 is 0 Å². The number of benzene rings is 4. The fourth-order valence-corrected chi connectivity index (χ4v) is 9.32. The van der Waals surface area contributed by atoms with Crippen LogP contribution in [-0.4, -0.2) is 28.7 Å². The number of aromatic hydroxyl groups is 1. The highest BCUT2D eigenvalue weighted by atomic mass is 79.9. The SMILES string of the molecule is O=C1[C@H]2[C@H](CC=C3[C@H]2C[C@H]2C(=O)N(c4cccc(Cl)c4)C(=O)[C@@]2(c2ccccc2)[C@H]3c2cc(Cl)ccc2O)C(=O)N1c1ccc(Br)cc1. The van der Waals surface area contributed by atoms with Gasteiger partial charge in [-0.1, -0.05) is 87.2 Å². The van der Waals surface area contributed by atoms with E-state index in [9.17, 15) is 19.5 Å². The maximum absolute atomic E-state index is 15.2. The van der Waals surface area contributed by atoms with Crippen LogP contribution < -0.4 is 9.80 Å². The highest BCUT2D eigenvalue weighted by molar-refractivity contribution is 9.10. The number of anilines is 2. The number of phenols is 1. The summed E-state index contributed by atoms with van der Waals surface area (Å²) in [6, 6.07) is 27.4. The Morgan fingerprint density at radius 2 is 1.46 bits per heavy atom. The van der Waals surface area contributed by atoms with E-state index in [1.165, 1.54) is 15.9 Å². The summed E-state index contributed by atoms with van der Waals surface area (Å²) in [7, 11) is 0. The molecule has 2 aliphatic carbocycles. The molecule has 0 radical (unpaired) electrons. The Kier molecular flexibility index (Phi) is 7.40. The van der Waals surface area contributed by atoms with Gasteiger partial charge in [0.05, 0.1) is 34.5 Å². The number of halogens is 3. The fraction of sp³-hybridized carbons (Fsp3) is 0.211. The van der Waals surface area contributed by atoms with Gasteiger partial charge in [-0.15, -0.1) is 0 Å². The van der Waals surface area contributed by atoms with Gasteiger partial charge in [0, 0.05) is 26.0 Å². The second kappa shape index (κ2) is 11.4. The van der Waals surface area contributed by atoms with Crippen molar-refractivity contribution in [3.63, 3.8) is 0 Å². The lowest BCUT2D eigenvalue weighted by molar-refractivity contribution is -0.127. The molecule has 1 saturated carbocycles. The molecule has 6 atom stereocenters. The number of hydrogen-bond donors (Lipinski definition) is 1. The Bertz CT molecular complexity index is 2070. The number of phenolic OH excluding ortho intramolecular Hbond substituents is 1. The standard InChI is InChI=1S/C38H27BrCl2N2O5/c39-21-9-12-24(13-10-21)42-34(45)27-15-14-26-28(32(27)36(42)47)19-30-35(46)43(25-8-4-7-22(40)17-25)37(48)38(30,20-5-2-1-3-6-20)33(26)29-18-23(41)11-16-31(29)44/h1-14,16-18,27-28,30,32-33,44H,15,19H2/t27-,28+,30-,32-,33+,38+/m0/s1. The van der Waals surface area contributed by atoms with Crippen molar-refractivity contribution in [2.45, 2.75) is 24.2 Å². The van der Waals surface area contributed by atoms with Crippen LogP contribution in [0.15, 0.2) is 113 Å². The monoisotopic (exact) mass is 740 g/mol. The Morgan fingerprint density at radius 1 is 0.729 bits per heavy atom. The molecule has 7 nitrogen and oxygen atoms in total. The number of fused-ring (bicyclic) bond motifs is 4. The zero-order valence-corrected chi connectivity index (χ0v) is 28.3. The summed E-state index contributed by atoms with van der Waals surface area (Å²) in [5.74, 6) is -5.40. The molecule has 240 valence electrons. The first kappa shape index (κ1) is 31.1. The molecule has 2 aliphatic heterocycles. The van der Waals surface area contributed by atoms with Crippen LogP contribution in [-0.2, 0) is 24.6 Å². The number of carbonyl (C=O) groups is 4. The molecule has 0 bridgehead atoms. The lowest BCUT2D eigenvalue weighted by Gasteiger charge is -2.50. The Hall–Kier alpha value is -4.24. The van der Waals surface area contributed by atoms with E-state index in [4.69, 9.17) is 23.2 Å². The van der Waals surface area contributed by atoms with E-state index in [0.717, 1.165) is 10.0 Å². The molecule has 0 unspecified atom stereocenters. The largest absolute Gasteiger partial charge is 0.508 e. The molecular weight excluding hydrogens is 715 g/mol. The van der Waals surface area contributed by atoms with E-state index in [1.54, 1.807) is 60.7 Å². The molecule has 4 aromatic rings. The van der Waals surface area contributed by atoms with Gasteiger partial charge in [0.15, 0.2) is 0 Å². The Morgan fingerprint density at radius 3 is 2.19 bits per heavy atom. The lowest BCUT2D eigenvalue weighted by atomic mass is 9.49. The molecule has 0 aromatic heterocycles. The average molecular weight is 742 g/mol. The predicted molar refractivity (Wildman–Crippen MR) is 186 cm³/mol. The van der Waals surface area contributed by atoms with Crippen LogP contribution >= 0.6 is 39.1 Å². The summed E-state index contributed by atoms with van der Waals surface area (Å²) in [4.78, 5) is 60.8. The molecule has 2 saturated heterocycles. The van der Waals surface area contributed by atoms with Crippen molar-refractivity contribution in [1.29, 1.82) is 0 Å². The number of hydrogen-bond acceptors (Lipinski definition) is 5. The van der Waals surface area contributed by atoms with E-state index >= 15 is 4.79 Å². The lowest BCUT2D eigenvalue weighted by Crippen LogP contribution is -2.53. The van der Waals surface area contributed by atoms with Gasteiger partial charge in [-0.3, -0.25) is 24.1 Å². The summed E-state index contributed by atoms with van der Waals surface area (Å²) in [5, 5.41) is 12.2. The maximum atomic E-state index is 15.2. The van der Waals surface area contributed by atoms with E-state index in [-0.39, 0.29) is 30.4 Å². The molecular formula is C38H27BrCl2N2O5. The minimum Gasteiger partial charge on any atom is -0.508 e. The minimum atomic E-state index is -1.50. The van der Waals surface area contributed by atoms with Crippen molar-refractivity contribution in [3.8, 4) is 5.75 Å². The zero-order chi connectivity index (χ0) is 33.5. The van der Waals surface area contributed by atoms with Gasteiger partial charge < -0.3 is 5.11 Å². The summed E-state index contributed by atoms with van der Waals surface area (Å²) >= 11 is 16.4. The first-order chi connectivity index (χ1) is 23.1. The van der Waals surface area contributed by atoms with Crippen LogP contribution in [0.5, 0.6) is 5.75 Å². The van der Waals surface area contributed by atoms with Crippen molar-refractivity contribution in [2.24, 2.45) is 23.7 Å². The Balaban J connectivity index is 1.36. The molecule has 0 spiro atoms. The summed E-state index contributed by atoms with van der Waals surface area (Å²) in [5.41, 5.74) is 1.02. The second-order valence-electron chi connectivity index (χ2n) is 12.8. The van der Waals surface area contributed by atoms with E-state index in [1.807, 2.05) is 36.4 Å². The number of allylic oxidation sites excluding steroid dienone is 2. The molecule has 3 fully saturated rings. The molecule has 4 aliphatic rings. The maximum Gasteiger partial charge on any atom is 0.246 e. The smallest absolute Gasteiger partial charge is 0.246 e.